The molecule has 0 N–H and O–H groups in total. The van der Waals surface area contributed by atoms with Gasteiger partial charge in [0, 0.05) is 5.92 Å². The number of nitrogens with zero attached hydrogens (tertiary/aromatic N) is 4. The fraction of sp³-hybridized carbons (Fsp3) is 0.273. The standard InChI is InChI=1S/C22H21FN4O2S/c1-12(2)19-25-20(29-26-19)14(4)30-22-24-18-8-6-5-7-16(18)21(28)27(22)15-10-9-13(3)17(23)11-15/h5-12,14H,1-4H3/t14-/m1/s1. The predicted octanol–water partition coefficient (Wildman–Crippen LogP) is 5.19. The van der Waals surface area contributed by atoms with Gasteiger partial charge in [-0.2, -0.15) is 4.98 Å². The lowest BCUT2D eigenvalue weighted by Crippen LogP contribution is -2.22. The van der Waals surface area contributed by atoms with Crippen LogP contribution >= 0.6 is 11.8 Å². The van der Waals surface area contributed by atoms with Crippen molar-refractivity contribution in [1.82, 2.24) is 19.7 Å². The summed E-state index contributed by atoms with van der Waals surface area (Å²) < 4.78 is 21.1. The van der Waals surface area contributed by atoms with E-state index in [2.05, 4.69) is 15.1 Å². The lowest BCUT2D eigenvalue weighted by Gasteiger charge is -2.15. The van der Waals surface area contributed by atoms with Gasteiger partial charge in [0.2, 0.25) is 5.89 Å². The zero-order valence-corrected chi connectivity index (χ0v) is 17.9. The van der Waals surface area contributed by atoms with Gasteiger partial charge in [-0.25, -0.2) is 9.37 Å². The molecule has 0 amide bonds. The summed E-state index contributed by atoms with van der Waals surface area (Å²) in [4.78, 5) is 22.4. The monoisotopic (exact) mass is 424 g/mol. The first-order valence-corrected chi connectivity index (χ1v) is 10.5. The molecule has 4 rings (SSSR count). The number of fused-ring (bicyclic) bond motifs is 1. The molecule has 30 heavy (non-hydrogen) atoms. The molecule has 8 heteroatoms. The highest BCUT2D eigenvalue weighted by Gasteiger charge is 2.21. The Labute approximate surface area is 177 Å². The molecule has 2 aromatic carbocycles. The Kier molecular flexibility index (Phi) is 5.42. The first-order valence-electron chi connectivity index (χ1n) is 9.63. The van der Waals surface area contributed by atoms with Crippen LogP contribution < -0.4 is 5.56 Å². The molecule has 0 aliphatic carbocycles. The Morgan fingerprint density at radius 3 is 2.57 bits per heavy atom. The smallest absolute Gasteiger partial charge is 0.266 e. The molecule has 2 aromatic heterocycles. The Morgan fingerprint density at radius 2 is 1.87 bits per heavy atom. The average Bonchev–Trinajstić information content (AvgIpc) is 3.21. The number of thioether (sulfide) groups is 1. The summed E-state index contributed by atoms with van der Waals surface area (Å²) in [6.45, 7) is 7.56. The van der Waals surface area contributed by atoms with Gasteiger partial charge in [0.15, 0.2) is 11.0 Å². The van der Waals surface area contributed by atoms with E-state index in [-0.39, 0.29) is 22.5 Å². The number of para-hydroxylation sites is 1. The number of aromatic nitrogens is 4. The Balaban J connectivity index is 1.84. The molecular weight excluding hydrogens is 403 g/mol. The van der Waals surface area contributed by atoms with E-state index in [9.17, 15) is 9.18 Å². The van der Waals surface area contributed by atoms with Crippen LogP contribution in [-0.2, 0) is 0 Å². The fourth-order valence-electron chi connectivity index (χ4n) is 3.00. The van der Waals surface area contributed by atoms with Crippen LogP contribution in [0.4, 0.5) is 4.39 Å². The number of benzene rings is 2. The van der Waals surface area contributed by atoms with Crippen molar-refractivity contribution in [3.8, 4) is 5.69 Å². The zero-order valence-electron chi connectivity index (χ0n) is 17.1. The molecule has 0 fully saturated rings. The van der Waals surface area contributed by atoms with Crippen molar-refractivity contribution < 1.29 is 8.91 Å². The number of hydrogen-bond acceptors (Lipinski definition) is 6. The molecule has 0 unspecified atom stereocenters. The first-order chi connectivity index (χ1) is 14.3. The van der Waals surface area contributed by atoms with Crippen molar-refractivity contribution in [1.29, 1.82) is 0 Å². The minimum Gasteiger partial charge on any atom is -0.338 e. The van der Waals surface area contributed by atoms with Crippen LogP contribution in [0, 0.1) is 12.7 Å². The molecule has 0 spiro atoms. The summed E-state index contributed by atoms with van der Waals surface area (Å²) in [5.74, 6) is 0.844. The van der Waals surface area contributed by atoms with Gasteiger partial charge in [-0.05, 0) is 43.7 Å². The molecule has 0 radical (unpaired) electrons. The van der Waals surface area contributed by atoms with E-state index in [1.165, 1.54) is 22.4 Å². The van der Waals surface area contributed by atoms with Crippen LogP contribution in [0.1, 0.15) is 49.2 Å². The largest absolute Gasteiger partial charge is 0.338 e. The zero-order chi connectivity index (χ0) is 21.4. The van der Waals surface area contributed by atoms with Crippen molar-refractivity contribution in [2.24, 2.45) is 0 Å². The highest BCUT2D eigenvalue weighted by atomic mass is 32.2. The summed E-state index contributed by atoms with van der Waals surface area (Å²) in [5.41, 5.74) is 1.25. The average molecular weight is 425 g/mol. The lowest BCUT2D eigenvalue weighted by molar-refractivity contribution is 0.373. The third kappa shape index (κ3) is 3.75. The van der Waals surface area contributed by atoms with E-state index in [1.807, 2.05) is 26.8 Å². The van der Waals surface area contributed by atoms with Crippen molar-refractivity contribution in [3.63, 3.8) is 0 Å². The van der Waals surface area contributed by atoms with Crippen LogP contribution in [0.5, 0.6) is 0 Å². The second-order valence-corrected chi connectivity index (χ2v) is 8.70. The van der Waals surface area contributed by atoms with Crippen molar-refractivity contribution >= 4 is 22.7 Å². The molecule has 0 aliphatic heterocycles. The van der Waals surface area contributed by atoms with Crippen molar-refractivity contribution in [3.05, 3.63) is 75.9 Å². The number of halogens is 1. The van der Waals surface area contributed by atoms with Crippen molar-refractivity contribution in [2.75, 3.05) is 0 Å². The lowest BCUT2D eigenvalue weighted by atomic mass is 10.2. The quantitative estimate of drug-likeness (QED) is 0.324. The summed E-state index contributed by atoms with van der Waals surface area (Å²) in [7, 11) is 0. The van der Waals surface area contributed by atoms with E-state index in [1.54, 1.807) is 37.3 Å². The second kappa shape index (κ2) is 8.02. The third-order valence-electron chi connectivity index (χ3n) is 4.76. The van der Waals surface area contributed by atoms with Crippen LogP contribution in [0.3, 0.4) is 0 Å². The van der Waals surface area contributed by atoms with E-state index < -0.39 is 0 Å². The second-order valence-electron chi connectivity index (χ2n) is 7.39. The van der Waals surface area contributed by atoms with Crippen molar-refractivity contribution in [2.45, 2.75) is 44.0 Å². The summed E-state index contributed by atoms with van der Waals surface area (Å²) >= 11 is 1.32. The SMILES string of the molecule is Cc1ccc(-n2c(S[C@H](C)c3nc(C(C)C)no3)nc3ccccc3c2=O)cc1F. The van der Waals surface area contributed by atoms with Crippen LogP contribution in [-0.4, -0.2) is 19.7 Å². The maximum Gasteiger partial charge on any atom is 0.266 e. The minimum absolute atomic E-state index is 0.146. The Morgan fingerprint density at radius 1 is 1.10 bits per heavy atom. The van der Waals surface area contributed by atoms with Gasteiger partial charge in [0.25, 0.3) is 5.56 Å². The maximum atomic E-state index is 14.3. The number of rotatable bonds is 5. The maximum absolute atomic E-state index is 14.3. The molecule has 0 bridgehead atoms. The van der Waals surface area contributed by atoms with E-state index in [0.29, 0.717) is 39.0 Å². The summed E-state index contributed by atoms with van der Waals surface area (Å²) in [5, 5.41) is 4.66. The summed E-state index contributed by atoms with van der Waals surface area (Å²) in [6.07, 6.45) is 0. The van der Waals surface area contributed by atoms with Gasteiger partial charge in [-0.3, -0.25) is 9.36 Å². The molecular formula is C22H21FN4O2S. The molecule has 1 atom stereocenters. The minimum atomic E-state index is -0.380. The van der Waals surface area contributed by atoms with Crippen LogP contribution in [0.25, 0.3) is 16.6 Å². The van der Waals surface area contributed by atoms with Gasteiger partial charge >= 0.3 is 0 Å². The van der Waals surface area contributed by atoms with Crippen LogP contribution in [0.15, 0.2) is 56.9 Å². The molecule has 0 saturated carbocycles. The number of aryl methyl sites for hydroxylation is 1. The van der Waals surface area contributed by atoms with Gasteiger partial charge in [0.1, 0.15) is 5.82 Å². The highest BCUT2D eigenvalue weighted by molar-refractivity contribution is 7.99. The molecule has 2 heterocycles. The Bertz CT molecular complexity index is 1280. The topological polar surface area (TPSA) is 73.8 Å². The fourth-order valence-corrected chi connectivity index (χ4v) is 3.95. The molecule has 4 aromatic rings. The van der Waals surface area contributed by atoms with E-state index in [4.69, 9.17) is 4.52 Å². The third-order valence-corrected chi connectivity index (χ3v) is 5.80. The molecule has 154 valence electrons. The van der Waals surface area contributed by atoms with Gasteiger partial charge < -0.3 is 4.52 Å². The van der Waals surface area contributed by atoms with Crippen LogP contribution in [0.2, 0.25) is 0 Å². The number of hydrogen-bond donors (Lipinski definition) is 0. The Hall–Kier alpha value is -3.00. The van der Waals surface area contributed by atoms with Gasteiger partial charge in [-0.15, -0.1) is 0 Å². The molecule has 0 saturated heterocycles. The molecule has 6 nitrogen and oxygen atoms in total. The molecule has 0 aliphatic rings. The van der Waals surface area contributed by atoms with E-state index in [0.717, 1.165) is 0 Å². The van der Waals surface area contributed by atoms with E-state index >= 15 is 0 Å². The summed E-state index contributed by atoms with van der Waals surface area (Å²) in [6, 6.07) is 11.8. The first kappa shape index (κ1) is 20.3. The normalized spacial score (nSPS) is 12.6. The predicted molar refractivity (Wildman–Crippen MR) is 115 cm³/mol. The van der Waals surface area contributed by atoms with Gasteiger partial charge in [-0.1, -0.05) is 49.0 Å². The highest BCUT2D eigenvalue weighted by Crippen LogP contribution is 2.34. The van der Waals surface area contributed by atoms with Gasteiger partial charge in [0.05, 0.1) is 21.8 Å².